The molecular formula is C19H23N3OS. The van der Waals surface area contributed by atoms with Crippen LogP contribution in [0.4, 0.5) is 5.69 Å². The predicted octanol–water partition coefficient (Wildman–Crippen LogP) is 3.00. The van der Waals surface area contributed by atoms with E-state index in [2.05, 4.69) is 33.5 Å². The average molecular weight is 341 g/mol. The fourth-order valence-electron chi connectivity index (χ4n) is 4.24. The second-order valence-corrected chi connectivity index (χ2v) is 8.01. The van der Waals surface area contributed by atoms with Crippen LogP contribution in [-0.4, -0.2) is 42.5 Å². The number of amides is 1. The minimum absolute atomic E-state index is 0.262. The fraction of sp³-hybridized carbons (Fsp3) is 0.474. The maximum Gasteiger partial charge on any atom is 0.238 e. The van der Waals surface area contributed by atoms with Crippen molar-refractivity contribution in [1.82, 2.24) is 9.88 Å². The zero-order chi connectivity index (χ0) is 16.7. The number of piperidine rings is 1. The molecule has 1 aromatic heterocycles. The molecule has 1 amide bonds. The molecule has 1 atom stereocenters. The molecule has 126 valence electrons. The van der Waals surface area contributed by atoms with Crippen molar-refractivity contribution in [2.24, 2.45) is 0 Å². The SMILES string of the molecule is Cc1nc(CCN2CCC[C@@]3(C2)C(=O)N(C)c2ccccc23)cs1. The molecule has 0 bridgehead atoms. The lowest BCUT2D eigenvalue weighted by molar-refractivity contribution is -0.124. The molecule has 2 aliphatic heterocycles. The van der Waals surface area contributed by atoms with E-state index < -0.39 is 0 Å². The standard InChI is InChI=1S/C19H23N3OS/c1-14-20-15(12-24-14)8-11-22-10-5-9-19(13-22)16-6-3-4-7-17(16)21(2)18(19)23/h3-4,6-7,12H,5,8-11,13H2,1-2H3/t19-/m0/s1. The molecule has 5 heteroatoms. The van der Waals surface area contributed by atoms with Crippen molar-refractivity contribution in [2.45, 2.75) is 31.6 Å². The number of likely N-dealkylation sites (N-methyl/N-ethyl adjacent to an activating group) is 1. The van der Waals surface area contributed by atoms with Crippen molar-refractivity contribution in [3.8, 4) is 0 Å². The highest BCUT2D eigenvalue weighted by atomic mass is 32.1. The van der Waals surface area contributed by atoms with Crippen LogP contribution in [0.5, 0.6) is 0 Å². The van der Waals surface area contributed by atoms with Gasteiger partial charge in [-0.15, -0.1) is 11.3 Å². The molecule has 1 fully saturated rings. The molecule has 0 saturated carbocycles. The maximum absolute atomic E-state index is 13.1. The molecule has 0 aliphatic carbocycles. The Bertz CT molecular complexity index is 771. The first-order valence-corrected chi connectivity index (χ1v) is 9.49. The van der Waals surface area contributed by atoms with E-state index in [4.69, 9.17) is 0 Å². The molecule has 0 N–H and O–H groups in total. The van der Waals surface area contributed by atoms with Gasteiger partial charge in [-0.25, -0.2) is 4.98 Å². The highest BCUT2D eigenvalue weighted by Crippen LogP contribution is 2.46. The summed E-state index contributed by atoms with van der Waals surface area (Å²) in [4.78, 5) is 21.9. The van der Waals surface area contributed by atoms with Crippen LogP contribution in [0, 0.1) is 6.92 Å². The normalized spacial score (nSPS) is 23.9. The summed E-state index contributed by atoms with van der Waals surface area (Å²) in [5.41, 5.74) is 3.13. The summed E-state index contributed by atoms with van der Waals surface area (Å²) in [6.45, 7) is 4.93. The monoisotopic (exact) mass is 341 g/mol. The fourth-order valence-corrected chi connectivity index (χ4v) is 4.89. The van der Waals surface area contributed by atoms with Gasteiger partial charge >= 0.3 is 0 Å². The third kappa shape index (κ3) is 2.47. The summed E-state index contributed by atoms with van der Waals surface area (Å²) in [5, 5.41) is 3.28. The van der Waals surface area contributed by atoms with Gasteiger partial charge in [-0.05, 0) is 37.9 Å². The number of benzene rings is 1. The Morgan fingerprint density at radius 1 is 1.33 bits per heavy atom. The van der Waals surface area contributed by atoms with E-state index in [9.17, 15) is 4.79 Å². The van der Waals surface area contributed by atoms with E-state index in [1.165, 1.54) is 11.3 Å². The molecule has 4 nitrogen and oxygen atoms in total. The number of thiazole rings is 1. The van der Waals surface area contributed by atoms with E-state index in [-0.39, 0.29) is 11.3 Å². The van der Waals surface area contributed by atoms with Crippen LogP contribution < -0.4 is 4.90 Å². The molecule has 4 rings (SSSR count). The summed E-state index contributed by atoms with van der Waals surface area (Å²) >= 11 is 1.71. The van der Waals surface area contributed by atoms with Crippen LogP contribution in [0.2, 0.25) is 0 Å². The van der Waals surface area contributed by atoms with Gasteiger partial charge in [-0.3, -0.25) is 4.79 Å². The number of hydrogen-bond donors (Lipinski definition) is 0. The van der Waals surface area contributed by atoms with Crippen LogP contribution in [0.1, 0.15) is 29.1 Å². The molecule has 24 heavy (non-hydrogen) atoms. The Hall–Kier alpha value is -1.72. The Labute approximate surface area is 147 Å². The first-order valence-electron chi connectivity index (χ1n) is 8.61. The Morgan fingerprint density at radius 3 is 2.96 bits per heavy atom. The minimum atomic E-state index is -0.346. The largest absolute Gasteiger partial charge is 0.314 e. The molecule has 1 spiro atoms. The summed E-state index contributed by atoms with van der Waals surface area (Å²) < 4.78 is 0. The number of aromatic nitrogens is 1. The van der Waals surface area contributed by atoms with Gasteiger partial charge in [0.25, 0.3) is 0 Å². The van der Waals surface area contributed by atoms with Crippen LogP contribution in [0.25, 0.3) is 0 Å². The number of anilines is 1. The van der Waals surface area contributed by atoms with Crippen LogP contribution in [-0.2, 0) is 16.6 Å². The third-order valence-corrected chi connectivity index (χ3v) is 6.24. The Balaban J connectivity index is 1.55. The molecule has 2 aromatic rings. The van der Waals surface area contributed by atoms with E-state index in [1.807, 2.05) is 24.9 Å². The summed E-state index contributed by atoms with van der Waals surface area (Å²) in [7, 11) is 1.91. The lowest BCUT2D eigenvalue weighted by atomic mass is 9.75. The highest BCUT2D eigenvalue weighted by Gasteiger charge is 2.51. The van der Waals surface area contributed by atoms with Gasteiger partial charge in [-0.1, -0.05) is 18.2 Å². The number of nitrogens with zero attached hydrogens (tertiary/aromatic N) is 3. The quantitative estimate of drug-likeness (QED) is 0.861. The van der Waals surface area contributed by atoms with Gasteiger partial charge in [0.1, 0.15) is 0 Å². The minimum Gasteiger partial charge on any atom is -0.314 e. The van der Waals surface area contributed by atoms with E-state index in [0.29, 0.717) is 0 Å². The topological polar surface area (TPSA) is 36.4 Å². The summed E-state index contributed by atoms with van der Waals surface area (Å²) in [5.74, 6) is 0.262. The first kappa shape index (κ1) is 15.8. The number of carbonyl (C=O) groups excluding carboxylic acids is 1. The predicted molar refractivity (Wildman–Crippen MR) is 97.8 cm³/mol. The number of carbonyl (C=O) groups is 1. The maximum atomic E-state index is 13.1. The Morgan fingerprint density at radius 2 is 2.17 bits per heavy atom. The van der Waals surface area contributed by atoms with Crippen molar-refractivity contribution < 1.29 is 4.79 Å². The van der Waals surface area contributed by atoms with Gasteiger partial charge in [-0.2, -0.15) is 0 Å². The molecule has 1 saturated heterocycles. The van der Waals surface area contributed by atoms with Crippen molar-refractivity contribution in [3.05, 3.63) is 45.9 Å². The molecule has 2 aliphatic rings. The lowest BCUT2D eigenvalue weighted by Crippen LogP contribution is -2.51. The second-order valence-electron chi connectivity index (χ2n) is 6.95. The lowest BCUT2D eigenvalue weighted by Gasteiger charge is -2.39. The molecule has 0 radical (unpaired) electrons. The Kier molecular flexibility index (Phi) is 3.93. The van der Waals surface area contributed by atoms with E-state index >= 15 is 0 Å². The van der Waals surface area contributed by atoms with Crippen molar-refractivity contribution in [2.75, 3.05) is 31.6 Å². The van der Waals surface area contributed by atoms with Gasteiger partial charge in [0.2, 0.25) is 5.91 Å². The molecular weight excluding hydrogens is 318 g/mol. The molecule has 1 aromatic carbocycles. The highest BCUT2D eigenvalue weighted by molar-refractivity contribution is 7.09. The third-order valence-electron chi connectivity index (χ3n) is 5.42. The zero-order valence-electron chi connectivity index (χ0n) is 14.3. The van der Waals surface area contributed by atoms with E-state index in [1.54, 1.807) is 11.3 Å². The van der Waals surface area contributed by atoms with E-state index in [0.717, 1.165) is 49.6 Å². The van der Waals surface area contributed by atoms with Gasteiger partial charge in [0.15, 0.2) is 0 Å². The number of aryl methyl sites for hydroxylation is 1. The average Bonchev–Trinajstić information content (AvgIpc) is 3.11. The van der Waals surface area contributed by atoms with Gasteiger partial charge in [0.05, 0.1) is 16.1 Å². The summed E-state index contributed by atoms with van der Waals surface area (Å²) in [6.07, 6.45) is 3.00. The number of likely N-dealkylation sites (tertiary alicyclic amines) is 1. The second kappa shape index (κ2) is 5.97. The van der Waals surface area contributed by atoms with Crippen molar-refractivity contribution >= 4 is 22.9 Å². The van der Waals surface area contributed by atoms with Crippen molar-refractivity contribution in [3.63, 3.8) is 0 Å². The molecule has 3 heterocycles. The number of hydrogen-bond acceptors (Lipinski definition) is 4. The number of para-hydroxylation sites is 1. The van der Waals surface area contributed by atoms with Gasteiger partial charge < -0.3 is 9.80 Å². The summed E-state index contributed by atoms with van der Waals surface area (Å²) in [6, 6.07) is 8.29. The number of fused-ring (bicyclic) bond motifs is 2. The first-order chi connectivity index (χ1) is 11.6. The van der Waals surface area contributed by atoms with Crippen LogP contribution in [0.3, 0.4) is 0 Å². The van der Waals surface area contributed by atoms with Crippen LogP contribution >= 0.6 is 11.3 Å². The van der Waals surface area contributed by atoms with Crippen LogP contribution in [0.15, 0.2) is 29.6 Å². The smallest absolute Gasteiger partial charge is 0.238 e. The van der Waals surface area contributed by atoms with Gasteiger partial charge in [0, 0.05) is 37.6 Å². The molecule has 0 unspecified atom stereocenters. The van der Waals surface area contributed by atoms with Crippen molar-refractivity contribution in [1.29, 1.82) is 0 Å². The number of rotatable bonds is 3. The zero-order valence-corrected chi connectivity index (χ0v) is 15.1.